The number of rotatable bonds is 4. The van der Waals surface area contributed by atoms with Crippen LogP contribution in [0, 0.1) is 12.8 Å². The Balaban J connectivity index is 1.69. The number of anilines is 1. The van der Waals surface area contributed by atoms with Crippen LogP contribution in [0.4, 0.5) is 5.82 Å². The summed E-state index contributed by atoms with van der Waals surface area (Å²) in [4.78, 5) is 25.5. The molecule has 5 nitrogen and oxygen atoms in total. The molecule has 3 heterocycles. The van der Waals surface area contributed by atoms with Crippen molar-refractivity contribution in [3.8, 4) is 0 Å². The molecule has 1 N–H and O–H groups in total. The summed E-state index contributed by atoms with van der Waals surface area (Å²) in [6, 6.07) is 2.16. The molecule has 6 heteroatoms. The quantitative estimate of drug-likeness (QED) is 0.942. The SMILES string of the molecule is CCCNC(=O)C1CCN(c2ncnc3sc(C)cc23)CC1. The number of aryl methyl sites for hydroxylation is 1. The van der Waals surface area contributed by atoms with Crippen LogP contribution in [0.2, 0.25) is 0 Å². The Labute approximate surface area is 134 Å². The highest BCUT2D eigenvalue weighted by molar-refractivity contribution is 7.18. The molecule has 118 valence electrons. The van der Waals surface area contributed by atoms with Gasteiger partial charge in [0.25, 0.3) is 0 Å². The van der Waals surface area contributed by atoms with Crippen molar-refractivity contribution in [2.24, 2.45) is 5.92 Å². The topological polar surface area (TPSA) is 58.1 Å². The number of amides is 1. The fourth-order valence-corrected chi connectivity index (χ4v) is 3.80. The van der Waals surface area contributed by atoms with Crippen molar-refractivity contribution in [3.05, 3.63) is 17.3 Å². The van der Waals surface area contributed by atoms with Crippen LogP contribution in [0.25, 0.3) is 10.2 Å². The van der Waals surface area contributed by atoms with Gasteiger partial charge in [-0.2, -0.15) is 0 Å². The van der Waals surface area contributed by atoms with Gasteiger partial charge in [0.05, 0.1) is 5.39 Å². The standard InChI is InChI=1S/C16H22N4OS/c1-3-6-17-15(21)12-4-7-20(8-5-12)14-13-9-11(2)22-16(13)19-10-18-14/h9-10,12H,3-8H2,1-2H3,(H,17,21). The molecule has 0 spiro atoms. The number of thiophene rings is 1. The van der Waals surface area contributed by atoms with E-state index in [1.54, 1.807) is 17.7 Å². The average Bonchev–Trinajstić information content (AvgIpc) is 2.92. The van der Waals surface area contributed by atoms with Crippen LogP contribution in [0.5, 0.6) is 0 Å². The summed E-state index contributed by atoms with van der Waals surface area (Å²) in [5, 5.41) is 4.15. The zero-order chi connectivity index (χ0) is 15.5. The van der Waals surface area contributed by atoms with Gasteiger partial charge in [-0.3, -0.25) is 4.79 Å². The Morgan fingerprint density at radius 1 is 1.41 bits per heavy atom. The van der Waals surface area contributed by atoms with Gasteiger partial charge in [-0.25, -0.2) is 9.97 Å². The van der Waals surface area contributed by atoms with Crippen LogP contribution in [0.1, 0.15) is 31.1 Å². The normalized spacial score (nSPS) is 16.2. The van der Waals surface area contributed by atoms with Gasteiger partial charge in [0.2, 0.25) is 5.91 Å². The van der Waals surface area contributed by atoms with Gasteiger partial charge in [-0.15, -0.1) is 11.3 Å². The predicted molar refractivity (Wildman–Crippen MR) is 90.4 cm³/mol. The van der Waals surface area contributed by atoms with Crippen molar-refractivity contribution < 1.29 is 4.79 Å². The molecule has 0 saturated carbocycles. The molecular formula is C16H22N4OS. The number of piperidine rings is 1. The summed E-state index contributed by atoms with van der Waals surface area (Å²) < 4.78 is 0. The van der Waals surface area contributed by atoms with Gasteiger partial charge in [0.15, 0.2) is 0 Å². The summed E-state index contributed by atoms with van der Waals surface area (Å²) in [7, 11) is 0. The Hall–Kier alpha value is -1.69. The van der Waals surface area contributed by atoms with Gasteiger partial charge in [0.1, 0.15) is 17.0 Å². The van der Waals surface area contributed by atoms with Crippen LogP contribution in [-0.2, 0) is 4.79 Å². The number of carbonyl (C=O) groups excluding carboxylic acids is 1. The Morgan fingerprint density at radius 2 is 2.18 bits per heavy atom. The van der Waals surface area contributed by atoms with Gasteiger partial charge in [0, 0.05) is 30.4 Å². The second kappa shape index (κ2) is 6.60. The number of nitrogens with one attached hydrogen (secondary N) is 1. The lowest BCUT2D eigenvalue weighted by molar-refractivity contribution is -0.125. The molecule has 1 amide bonds. The van der Waals surface area contributed by atoms with Crippen molar-refractivity contribution in [1.29, 1.82) is 0 Å². The van der Waals surface area contributed by atoms with E-state index in [1.165, 1.54) is 4.88 Å². The molecule has 0 unspecified atom stereocenters. The third-order valence-corrected chi connectivity index (χ3v) is 5.10. The number of carbonyl (C=O) groups is 1. The Bertz CT molecular complexity index is 661. The second-order valence-corrected chi connectivity index (χ2v) is 7.06. The fourth-order valence-electron chi connectivity index (χ4n) is 2.96. The van der Waals surface area contributed by atoms with Crippen molar-refractivity contribution in [2.75, 3.05) is 24.5 Å². The maximum Gasteiger partial charge on any atom is 0.223 e. The fraction of sp³-hybridized carbons (Fsp3) is 0.562. The molecule has 22 heavy (non-hydrogen) atoms. The third kappa shape index (κ3) is 3.06. The predicted octanol–water partition coefficient (Wildman–Crippen LogP) is 2.74. The zero-order valence-electron chi connectivity index (χ0n) is 13.1. The second-order valence-electron chi connectivity index (χ2n) is 5.83. The van der Waals surface area contributed by atoms with E-state index in [-0.39, 0.29) is 11.8 Å². The number of fused-ring (bicyclic) bond motifs is 1. The third-order valence-electron chi connectivity index (χ3n) is 4.15. The summed E-state index contributed by atoms with van der Waals surface area (Å²) in [6.45, 7) is 6.71. The van der Waals surface area contributed by atoms with Crippen LogP contribution in [0.15, 0.2) is 12.4 Å². The summed E-state index contributed by atoms with van der Waals surface area (Å²) >= 11 is 1.70. The first-order valence-corrected chi connectivity index (χ1v) is 8.74. The van der Waals surface area contributed by atoms with E-state index in [9.17, 15) is 4.79 Å². The van der Waals surface area contributed by atoms with Crippen LogP contribution in [-0.4, -0.2) is 35.5 Å². The van der Waals surface area contributed by atoms with Crippen molar-refractivity contribution >= 4 is 33.3 Å². The molecular weight excluding hydrogens is 296 g/mol. The number of nitrogens with zero attached hydrogens (tertiary/aromatic N) is 3. The monoisotopic (exact) mass is 318 g/mol. The summed E-state index contributed by atoms with van der Waals surface area (Å²) in [6.07, 6.45) is 4.42. The zero-order valence-corrected chi connectivity index (χ0v) is 13.9. The van der Waals surface area contributed by atoms with E-state index in [0.717, 1.165) is 54.9 Å². The largest absolute Gasteiger partial charge is 0.356 e. The molecule has 0 bridgehead atoms. The van der Waals surface area contributed by atoms with Gasteiger partial charge < -0.3 is 10.2 Å². The molecule has 3 rings (SSSR count). The minimum atomic E-state index is 0.143. The average molecular weight is 318 g/mol. The summed E-state index contributed by atoms with van der Waals surface area (Å²) in [5.74, 6) is 1.37. The minimum absolute atomic E-state index is 0.143. The number of aromatic nitrogens is 2. The first-order chi connectivity index (χ1) is 10.7. The maximum absolute atomic E-state index is 12.1. The van der Waals surface area contributed by atoms with Crippen LogP contribution < -0.4 is 10.2 Å². The maximum atomic E-state index is 12.1. The molecule has 0 aromatic carbocycles. The molecule has 2 aromatic heterocycles. The van der Waals surface area contributed by atoms with Crippen molar-refractivity contribution in [2.45, 2.75) is 33.1 Å². The molecule has 2 aromatic rings. The lowest BCUT2D eigenvalue weighted by Crippen LogP contribution is -2.41. The van der Waals surface area contributed by atoms with E-state index in [0.29, 0.717) is 0 Å². The molecule has 0 radical (unpaired) electrons. The molecule has 0 atom stereocenters. The van der Waals surface area contributed by atoms with E-state index in [2.05, 4.69) is 40.1 Å². The molecule has 1 saturated heterocycles. The first kappa shape index (κ1) is 15.2. The van der Waals surface area contributed by atoms with Crippen LogP contribution >= 0.6 is 11.3 Å². The van der Waals surface area contributed by atoms with E-state index >= 15 is 0 Å². The molecule has 1 aliphatic heterocycles. The van der Waals surface area contributed by atoms with E-state index in [1.807, 2.05) is 0 Å². The lowest BCUT2D eigenvalue weighted by atomic mass is 9.95. The van der Waals surface area contributed by atoms with Gasteiger partial charge >= 0.3 is 0 Å². The highest BCUT2D eigenvalue weighted by atomic mass is 32.1. The highest BCUT2D eigenvalue weighted by Crippen LogP contribution is 2.31. The van der Waals surface area contributed by atoms with E-state index < -0.39 is 0 Å². The molecule has 1 aliphatic rings. The van der Waals surface area contributed by atoms with Crippen molar-refractivity contribution in [3.63, 3.8) is 0 Å². The van der Waals surface area contributed by atoms with Gasteiger partial charge in [-0.05, 0) is 32.3 Å². The van der Waals surface area contributed by atoms with E-state index in [4.69, 9.17) is 0 Å². The highest BCUT2D eigenvalue weighted by Gasteiger charge is 2.26. The molecule has 0 aliphatic carbocycles. The van der Waals surface area contributed by atoms with Crippen molar-refractivity contribution in [1.82, 2.24) is 15.3 Å². The first-order valence-electron chi connectivity index (χ1n) is 7.93. The number of hydrogen-bond acceptors (Lipinski definition) is 5. The Morgan fingerprint density at radius 3 is 2.91 bits per heavy atom. The van der Waals surface area contributed by atoms with Crippen LogP contribution in [0.3, 0.4) is 0 Å². The Kier molecular flexibility index (Phi) is 4.57. The van der Waals surface area contributed by atoms with Gasteiger partial charge in [-0.1, -0.05) is 6.92 Å². The minimum Gasteiger partial charge on any atom is -0.356 e. The lowest BCUT2D eigenvalue weighted by Gasteiger charge is -2.32. The summed E-state index contributed by atoms with van der Waals surface area (Å²) in [5.41, 5.74) is 0. The smallest absolute Gasteiger partial charge is 0.223 e. The number of hydrogen-bond donors (Lipinski definition) is 1. The molecule has 1 fully saturated rings.